The van der Waals surface area contributed by atoms with Crippen molar-refractivity contribution in [1.29, 1.82) is 0 Å². The van der Waals surface area contributed by atoms with Crippen molar-refractivity contribution in [2.24, 2.45) is 0 Å². The Hall–Kier alpha value is -2.89. The van der Waals surface area contributed by atoms with Gasteiger partial charge in [0.25, 0.3) is 11.8 Å². The van der Waals surface area contributed by atoms with Crippen molar-refractivity contribution in [3.8, 4) is 0 Å². The Morgan fingerprint density at radius 1 is 0.880 bits per heavy atom. The second-order valence-corrected chi connectivity index (χ2v) is 6.08. The van der Waals surface area contributed by atoms with Crippen LogP contribution in [-0.2, 0) is 6.42 Å². The number of amides is 2. The molecule has 0 unspecified atom stereocenters. The molecule has 2 heterocycles. The number of nitrogens with zero attached hydrogens (tertiary/aromatic N) is 3. The molecule has 0 atom stereocenters. The quantitative estimate of drug-likeness (QED) is 0.628. The highest BCUT2D eigenvalue weighted by molar-refractivity contribution is 5.95. The molecule has 0 spiro atoms. The summed E-state index contributed by atoms with van der Waals surface area (Å²) >= 11 is 0. The van der Waals surface area contributed by atoms with E-state index in [1.165, 1.54) is 30.1 Å². The third kappa shape index (κ3) is 3.79. The standard InChI is InChI=1S/C19H21N3O3/c1-2-15-3-5-16(6-4-15)18(23)20-11-13-21(14-12-20)19(24)17-7-9-22(25)10-8-17/h3-10H,2,11-14H2,1H3. The summed E-state index contributed by atoms with van der Waals surface area (Å²) in [4.78, 5) is 28.5. The van der Waals surface area contributed by atoms with Gasteiger partial charge in [0.1, 0.15) is 0 Å². The lowest BCUT2D eigenvalue weighted by Crippen LogP contribution is -2.50. The lowest BCUT2D eigenvalue weighted by molar-refractivity contribution is -0.605. The minimum atomic E-state index is -0.111. The third-order valence-corrected chi connectivity index (χ3v) is 4.51. The highest BCUT2D eigenvalue weighted by Gasteiger charge is 2.25. The summed E-state index contributed by atoms with van der Waals surface area (Å²) in [6, 6.07) is 10.7. The van der Waals surface area contributed by atoms with Gasteiger partial charge in [0.15, 0.2) is 12.4 Å². The van der Waals surface area contributed by atoms with Crippen molar-refractivity contribution in [1.82, 2.24) is 9.80 Å². The van der Waals surface area contributed by atoms with Crippen LogP contribution < -0.4 is 4.73 Å². The predicted molar refractivity (Wildman–Crippen MR) is 93.0 cm³/mol. The molecule has 0 aliphatic carbocycles. The lowest BCUT2D eigenvalue weighted by atomic mass is 10.1. The fraction of sp³-hybridized carbons (Fsp3) is 0.316. The molecule has 6 nitrogen and oxygen atoms in total. The number of piperazine rings is 1. The van der Waals surface area contributed by atoms with E-state index in [9.17, 15) is 14.8 Å². The number of aryl methyl sites for hydroxylation is 1. The molecule has 0 saturated carbocycles. The largest absolute Gasteiger partial charge is 0.619 e. The van der Waals surface area contributed by atoms with Crippen molar-refractivity contribution in [3.05, 3.63) is 70.7 Å². The molecule has 130 valence electrons. The first-order chi connectivity index (χ1) is 12.1. The van der Waals surface area contributed by atoms with Crippen LogP contribution in [0.1, 0.15) is 33.2 Å². The Balaban J connectivity index is 1.60. The molecule has 0 bridgehead atoms. The molecular weight excluding hydrogens is 318 g/mol. The second kappa shape index (κ2) is 7.34. The summed E-state index contributed by atoms with van der Waals surface area (Å²) in [6.45, 7) is 4.08. The first-order valence-electron chi connectivity index (χ1n) is 8.45. The molecule has 3 rings (SSSR count). The molecule has 1 fully saturated rings. The van der Waals surface area contributed by atoms with Gasteiger partial charge in [-0.2, -0.15) is 4.73 Å². The molecule has 1 aromatic carbocycles. The number of carbonyl (C=O) groups is 2. The number of rotatable bonds is 3. The van der Waals surface area contributed by atoms with Gasteiger partial charge < -0.3 is 15.0 Å². The molecule has 2 aromatic rings. The molecule has 0 radical (unpaired) electrons. The van der Waals surface area contributed by atoms with Crippen molar-refractivity contribution in [3.63, 3.8) is 0 Å². The number of hydrogen-bond donors (Lipinski definition) is 0. The van der Waals surface area contributed by atoms with E-state index in [-0.39, 0.29) is 11.8 Å². The molecule has 0 N–H and O–H groups in total. The maximum Gasteiger partial charge on any atom is 0.254 e. The second-order valence-electron chi connectivity index (χ2n) is 6.08. The van der Waals surface area contributed by atoms with Crippen LogP contribution >= 0.6 is 0 Å². The zero-order valence-corrected chi connectivity index (χ0v) is 14.2. The van der Waals surface area contributed by atoms with Gasteiger partial charge in [-0.15, -0.1) is 0 Å². The van der Waals surface area contributed by atoms with Crippen LogP contribution in [0, 0.1) is 5.21 Å². The highest BCUT2D eigenvalue weighted by atomic mass is 16.5. The Morgan fingerprint density at radius 2 is 1.32 bits per heavy atom. The van der Waals surface area contributed by atoms with E-state index in [1.807, 2.05) is 24.3 Å². The molecule has 1 saturated heterocycles. The molecule has 2 amide bonds. The summed E-state index contributed by atoms with van der Waals surface area (Å²) in [7, 11) is 0. The molecule has 25 heavy (non-hydrogen) atoms. The summed E-state index contributed by atoms with van der Waals surface area (Å²) < 4.78 is 0.650. The molecular formula is C19H21N3O3. The van der Waals surface area contributed by atoms with Gasteiger partial charge in [-0.1, -0.05) is 19.1 Å². The van der Waals surface area contributed by atoms with Crippen LogP contribution in [0.25, 0.3) is 0 Å². The normalized spacial score (nSPS) is 14.4. The molecule has 1 aromatic heterocycles. The van der Waals surface area contributed by atoms with E-state index in [2.05, 4.69) is 6.92 Å². The zero-order valence-electron chi connectivity index (χ0n) is 14.2. The van der Waals surface area contributed by atoms with Crippen molar-refractivity contribution in [2.45, 2.75) is 13.3 Å². The van der Waals surface area contributed by atoms with Gasteiger partial charge in [0.05, 0.1) is 5.56 Å². The van der Waals surface area contributed by atoms with E-state index in [4.69, 9.17) is 0 Å². The smallest absolute Gasteiger partial charge is 0.254 e. The summed E-state index contributed by atoms with van der Waals surface area (Å²) in [5.74, 6) is -0.109. The maximum atomic E-state index is 12.6. The van der Waals surface area contributed by atoms with E-state index < -0.39 is 0 Å². The fourth-order valence-electron chi connectivity index (χ4n) is 2.92. The molecule has 1 aliphatic rings. The van der Waals surface area contributed by atoms with Crippen LogP contribution in [0.2, 0.25) is 0 Å². The highest BCUT2D eigenvalue weighted by Crippen LogP contribution is 2.12. The van der Waals surface area contributed by atoms with Crippen molar-refractivity contribution in [2.75, 3.05) is 26.2 Å². The van der Waals surface area contributed by atoms with Crippen LogP contribution in [0.15, 0.2) is 48.8 Å². The van der Waals surface area contributed by atoms with Crippen molar-refractivity contribution < 1.29 is 14.3 Å². The first kappa shape index (κ1) is 17.0. The first-order valence-corrected chi connectivity index (χ1v) is 8.45. The minimum Gasteiger partial charge on any atom is -0.619 e. The topological polar surface area (TPSA) is 67.6 Å². The number of pyridine rings is 1. The Bertz CT molecular complexity index is 748. The maximum absolute atomic E-state index is 12.6. The number of carbonyl (C=O) groups excluding carboxylic acids is 2. The van der Waals surface area contributed by atoms with Gasteiger partial charge in [0.2, 0.25) is 0 Å². The van der Waals surface area contributed by atoms with Gasteiger partial charge in [0, 0.05) is 43.9 Å². The van der Waals surface area contributed by atoms with Crippen LogP contribution in [-0.4, -0.2) is 47.8 Å². The lowest BCUT2D eigenvalue weighted by Gasteiger charge is -2.34. The van der Waals surface area contributed by atoms with E-state index in [1.54, 1.807) is 9.80 Å². The van der Waals surface area contributed by atoms with Gasteiger partial charge in [-0.25, -0.2) is 0 Å². The average molecular weight is 339 g/mol. The predicted octanol–water partition coefficient (Wildman–Crippen LogP) is 1.48. The minimum absolute atomic E-state index is 0.00172. The van der Waals surface area contributed by atoms with Gasteiger partial charge >= 0.3 is 0 Å². The van der Waals surface area contributed by atoms with Crippen LogP contribution in [0.3, 0.4) is 0 Å². The van der Waals surface area contributed by atoms with Crippen LogP contribution in [0.4, 0.5) is 0 Å². The number of hydrogen-bond acceptors (Lipinski definition) is 3. The van der Waals surface area contributed by atoms with E-state index in [0.717, 1.165) is 6.42 Å². The monoisotopic (exact) mass is 339 g/mol. The summed E-state index contributed by atoms with van der Waals surface area (Å²) in [6.07, 6.45) is 3.57. The Morgan fingerprint density at radius 3 is 1.76 bits per heavy atom. The number of aromatic nitrogens is 1. The van der Waals surface area contributed by atoms with Crippen LogP contribution in [0.5, 0.6) is 0 Å². The Kier molecular flexibility index (Phi) is 4.97. The zero-order chi connectivity index (χ0) is 17.8. The third-order valence-electron chi connectivity index (χ3n) is 4.51. The Labute approximate surface area is 146 Å². The van der Waals surface area contributed by atoms with E-state index >= 15 is 0 Å². The average Bonchev–Trinajstić information content (AvgIpc) is 2.67. The molecule has 6 heteroatoms. The summed E-state index contributed by atoms with van der Waals surface area (Å²) in [5, 5.41) is 11.1. The fourth-order valence-corrected chi connectivity index (χ4v) is 2.92. The van der Waals surface area contributed by atoms with Crippen molar-refractivity contribution >= 4 is 11.8 Å². The van der Waals surface area contributed by atoms with E-state index in [0.29, 0.717) is 42.0 Å². The molecule has 1 aliphatic heterocycles. The van der Waals surface area contributed by atoms with Gasteiger partial charge in [-0.3, -0.25) is 9.59 Å². The van der Waals surface area contributed by atoms with Gasteiger partial charge in [-0.05, 0) is 24.1 Å². The number of benzene rings is 1. The SMILES string of the molecule is CCc1ccc(C(=O)N2CCN(C(=O)c3cc[n+]([O-])cc3)CC2)cc1. The summed E-state index contributed by atoms with van der Waals surface area (Å²) in [5.41, 5.74) is 2.37.